The first-order valence-corrected chi connectivity index (χ1v) is 6.37. The average Bonchev–Trinajstić information content (AvgIpc) is 2.54. The maximum absolute atomic E-state index is 12.1. The molecular formula is C15H12N2O6. The highest BCUT2D eigenvalue weighted by Gasteiger charge is 2.17. The Balaban J connectivity index is 2.34. The summed E-state index contributed by atoms with van der Waals surface area (Å²) in [5.74, 6) is -1.37. The second kappa shape index (κ2) is 6.56. The van der Waals surface area contributed by atoms with Crippen LogP contribution < -0.4 is 15.2 Å². The molecule has 0 atom stereocenters. The molecule has 118 valence electrons. The maximum atomic E-state index is 12.1. The van der Waals surface area contributed by atoms with E-state index in [2.05, 4.69) is 0 Å². The first kappa shape index (κ1) is 16.0. The van der Waals surface area contributed by atoms with Crippen molar-refractivity contribution in [2.75, 3.05) is 7.11 Å². The third-order valence-corrected chi connectivity index (χ3v) is 2.95. The predicted molar refractivity (Wildman–Crippen MR) is 79.6 cm³/mol. The van der Waals surface area contributed by atoms with Crippen molar-refractivity contribution in [3.05, 3.63) is 63.7 Å². The second-order valence-electron chi connectivity index (χ2n) is 4.42. The van der Waals surface area contributed by atoms with E-state index in [1.807, 2.05) is 0 Å². The van der Waals surface area contributed by atoms with E-state index in [0.29, 0.717) is 5.75 Å². The molecule has 0 aliphatic carbocycles. The molecule has 0 radical (unpaired) electrons. The fourth-order valence-electron chi connectivity index (χ4n) is 1.82. The van der Waals surface area contributed by atoms with Crippen molar-refractivity contribution in [3.63, 3.8) is 0 Å². The molecule has 0 heterocycles. The number of benzene rings is 2. The van der Waals surface area contributed by atoms with Crippen molar-refractivity contribution in [2.24, 2.45) is 5.73 Å². The Kier molecular flexibility index (Phi) is 4.55. The molecule has 2 aromatic rings. The van der Waals surface area contributed by atoms with Gasteiger partial charge in [0.25, 0.3) is 11.6 Å². The van der Waals surface area contributed by atoms with Gasteiger partial charge in [0.1, 0.15) is 11.5 Å². The number of nitrogens with two attached hydrogens (primary N) is 1. The number of amides is 1. The molecule has 23 heavy (non-hydrogen) atoms. The van der Waals surface area contributed by atoms with Crippen molar-refractivity contribution in [1.82, 2.24) is 0 Å². The minimum atomic E-state index is -0.857. The van der Waals surface area contributed by atoms with Crippen molar-refractivity contribution in [3.8, 4) is 11.5 Å². The van der Waals surface area contributed by atoms with Gasteiger partial charge in [0.05, 0.1) is 23.2 Å². The lowest BCUT2D eigenvalue weighted by Crippen LogP contribution is -2.16. The Bertz CT molecular complexity index is 787. The van der Waals surface area contributed by atoms with Crippen LogP contribution in [0.25, 0.3) is 0 Å². The lowest BCUT2D eigenvalue weighted by Gasteiger charge is -2.09. The van der Waals surface area contributed by atoms with Gasteiger partial charge in [-0.3, -0.25) is 14.9 Å². The van der Waals surface area contributed by atoms with Crippen LogP contribution in [0.1, 0.15) is 20.7 Å². The molecule has 2 rings (SSSR count). The van der Waals surface area contributed by atoms with E-state index in [1.54, 1.807) is 0 Å². The van der Waals surface area contributed by atoms with Gasteiger partial charge in [-0.25, -0.2) is 4.79 Å². The SMILES string of the molecule is COc1ccc(C(N)=O)c(OC(=O)c2cccc([N+](=O)[O-])c2)c1. The molecule has 0 unspecified atom stereocenters. The number of primary amides is 1. The van der Waals surface area contributed by atoms with Gasteiger partial charge in [-0.2, -0.15) is 0 Å². The number of methoxy groups -OCH3 is 1. The van der Waals surface area contributed by atoms with E-state index in [9.17, 15) is 19.7 Å². The number of rotatable bonds is 5. The highest BCUT2D eigenvalue weighted by Crippen LogP contribution is 2.26. The summed E-state index contributed by atoms with van der Waals surface area (Å²) in [5.41, 5.74) is 4.93. The van der Waals surface area contributed by atoms with Gasteiger partial charge in [-0.1, -0.05) is 6.07 Å². The summed E-state index contributed by atoms with van der Waals surface area (Å²) < 4.78 is 10.1. The number of esters is 1. The zero-order valence-corrected chi connectivity index (χ0v) is 12.0. The van der Waals surface area contributed by atoms with Gasteiger partial charge >= 0.3 is 5.97 Å². The second-order valence-corrected chi connectivity index (χ2v) is 4.42. The van der Waals surface area contributed by atoms with E-state index in [1.165, 1.54) is 43.5 Å². The summed E-state index contributed by atoms with van der Waals surface area (Å²) in [6.45, 7) is 0. The Labute approximate surface area is 130 Å². The Morgan fingerprint density at radius 1 is 1.17 bits per heavy atom. The average molecular weight is 316 g/mol. The zero-order valence-electron chi connectivity index (χ0n) is 12.0. The molecule has 0 aliphatic rings. The van der Waals surface area contributed by atoms with E-state index in [4.69, 9.17) is 15.2 Å². The number of carbonyl (C=O) groups is 2. The van der Waals surface area contributed by atoms with E-state index >= 15 is 0 Å². The zero-order chi connectivity index (χ0) is 17.0. The number of hydrogen-bond donors (Lipinski definition) is 1. The molecule has 8 nitrogen and oxygen atoms in total. The Morgan fingerprint density at radius 2 is 1.91 bits per heavy atom. The molecule has 2 N–H and O–H groups in total. The van der Waals surface area contributed by atoms with Gasteiger partial charge in [-0.05, 0) is 18.2 Å². The monoisotopic (exact) mass is 316 g/mol. The predicted octanol–water partition coefficient (Wildman–Crippen LogP) is 1.92. The molecule has 0 saturated heterocycles. The molecule has 0 aliphatic heterocycles. The number of carbonyl (C=O) groups excluding carboxylic acids is 2. The van der Waals surface area contributed by atoms with Crippen LogP contribution in [0.4, 0.5) is 5.69 Å². The van der Waals surface area contributed by atoms with Crippen molar-refractivity contribution < 1.29 is 24.0 Å². The van der Waals surface area contributed by atoms with Crippen LogP contribution in [0, 0.1) is 10.1 Å². The molecule has 0 saturated carbocycles. The minimum Gasteiger partial charge on any atom is -0.497 e. The molecule has 1 amide bonds. The van der Waals surface area contributed by atoms with Crippen LogP contribution in [0.15, 0.2) is 42.5 Å². The fourth-order valence-corrected chi connectivity index (χ4v) is 1.82. The summed E-state index contributed by atoms with van der Waals surface area (Å²) in [7, 11) is 1.41. The largest absolute Gasteiger partial charge is 0.497 e. The molecular weight excluding hydrogens is 304 g/mol. The van der Waals surface area contributed by atoms with Crippen molar-refractivity contribution in [1.29, 1.82) is 0 Å². The number of nitro benzene ring substituents is 1. The van der Waals surface area contributed by atoms with Crippen molar-refractivity contribution >= 4 is 17.6 Å². The molecule has 0 aromatic heterocycles. The minimum absolute atomic E-state index is 0.00965. The number of ether oxygens (including phenoxy) is 2. The van der Waals surface area contributed by atoms with Crippen LogP contribution in [0.2, 0.25) is 0 Å². The van der Waals surface area contributed by atoms with E-state index < -0.39 is 16.8 Å². The van der Waals surface area contributed by atoms with Crippen molar-refractivity contribution in [2.45, 2.75) is 0 Å². The summed E-state index contributed by atoms with van der Waals surface area (Å²) in [6, 6.07) is 9.22. The molecule has 0 bridgehead atoms. The molecule has 0 spiro atoms. The molecule has 0 fully saturated rings. The molecule has 2 aromatic carbocycles. The Morgan fingerprint density at radius 3 is 2.52 bits per heavy atom. The lowest BCUT2D eigenvalue weighted by molar-refractivity contribution is -0.384. The highest BCUT2D eigenvalue weighted by molar-refractivity contribution is 5.98. The van der Waals surface area contributed by atoms with Gasteiger partial charge in [0.2, 0.25) is 0 Å². The van der Waals surface area contributed by atoms with Gasteiger partial charge in [0.15, 0.2) is 0 Å². The van der Waals surface area contributed by atoms with Gasteiger partial charge < -0.3 is 15.2 Å². The number of non-ortho nitro benzene ring substituents is 1. The van der Waals surface area contributed by atoms with Gasteiger partial charge in [0, 0.05) is 18.2 Å². The normalized spacial score (nSPS) is 9.96. The van der Waals surface area contributed by atoms with E-state index in [-0.39, 0.29) is 22.6 Å². The number of nitrogens with zero attached hydrogens (tertiary/aromatic N) is 1. The van der Waals surface area contributed by atoms with Crippen LogP contribution in [-0.4, -0.2) is 23.9 Å². The molecule has 8 heteroatoms. The summed E-state index contributed by atoms with van der Waals surface area (Å²) in [5, 5.41) is 10.7. The van der Waals surface area contributed by atoms with Crippen LogP contribution >= 0.6 is 0 Å². The quantitative estimate of drug-likeness (QED) is 0.389. The topological polar surface area (TPSA) is 122 Å². The van der Waals surface area contributed by atoms with Crippen LogP contribution in [0.5, 0.6) is 11.5 Å². The lowest BCUT2D eigenvalue weighted by atomic mass is 10.1. The Hall–Kier alpha value is -3.42. The summed E-state index contributed by atoms with van der Waals surface area (Å²) in [6.07, 6.45) is 0. The first-order valence-electron chi connectivity index (χ1n) is 6.37. The summed E-state index contributed by atoms with van der Waals surface area (Å²) >= 11 is 0. The van der Waals surface area contributed by atoms with Crippen LogP contribution in [0.3, 0.4) is 0 Å². The standard InChI is InChI=1S/C15H12N2O6/c1-22-11-5-6-12(14(16)18)13(8-11)23-15(19)9-3-2-4-10(7-9)17(20)21/h2-8H,1H3,(H2,16,18). The third kappa shape index (κ3) is 3.62. The highest BCUT2D eigenvalue weighted by atomic mass is 16.6. The van der Waals surface area contributed by atoms with Crippen LogP contribution in [-0.2, 0) is 0 Å². The third-order valence-electron chi connectivity index (χ3n) is 2.95. The van der Waals surface area contributed by atoms with E-state index in [0.717, 1.165) is 6.07 Å². The number of nitro groups is 1. The summed E-state index contributed by atoms with van der Waals surface area (Å²) in [4.78, 5) is 33.6. The van der Waals surface area contributed by atoms with Gasteiger partial charge in [-0.15, -0.1) is 0 Å². The fraction of sp³-hybridized carbons (Fsp3) is 0.0667. The first-order chi connectivity index (χ1) is 10.9. The smallest absolute Gasteiger partial charge is 0.343 e. The number of hydrogen-bond acceptors (Lipinski definition) is 6. The maximum Gasteiger partial charge on any atom is 0.343 e.